The van der Waals surface area contributed by atoms with Crippen molar-refractivity contribution in [2.24, 2.45) is 0 Å². The average Bonchev–Trinajstić information content (AvgIpc) is 2.82. The molecule has 0 amide bonds. The van der Waals surface area contributed by atoms with Crippen LogP contribution < -0.4 is 5.56 Å². The first kappa shape index (κ1) is 20.7. The van der Waals surface area contributed by atoms with Gasteiger partial charge in [0.25, 0.3) is 5.56 Å². The van der Waals surface area contributed by atoms with Crippen LogP contribution in [0.5, 0.6) is 5.75 Å². The van der Waals surface area contributed by atoms with E-state index in [1.807, 2.05) is 19.9 Å². The number of para-hydroxylation sites is 1. The third-order valence-corrected chi connectivity index (χ3v) is 6.14. The zero-order chi connectivity index (χ0) is 19.3. The summed E-state index contributed by atoms with van der Waals surface area (Å²) < 4.78 is 7.26. The number of hydrogen-bond donors (Lipinski definition) is 1. The van der Waals surface area contributed by atoms with Gasteiger partial charge in [0.2, 0.25) is 0 Å². The van der Waals surface area contributed by atoms with Crippen molar-refractivity contribution < 1.29 is 14.6 Å². The van der Waals surface area contributed by atoms with E-state index in [-0.39, 0.29) is 35.9 Å². The van der Waals surface area contributed by atoms with E-state index in [1.165, 1.54) is 0 Å². The van der Waals surface area contributed by atoms with Crippen LogP contribution >= 0.6 is 12.4 Å². The number of rotatable bonds is 3. The standard InChI is InChI=1S/C21H26N2O4.ClH/c1-12(2)23-17-7-5-4-6-16(17)19(24)18(20(23)25)21(26)27-15-10-13-8-9-14(11-15)22(13)3;/h4-7,12-15,24H,8-11H2,1-3H3;1H. The molecule has 28 heavy (non-hydrogen) atoms. The number of esters is 1. The molecule has 0 radical (unpaired) electrons. The van der Waals surface area contributed by atoms with Crippen LogP contribution in [0.1, 0.15) is 55.9 Å². The van der Waals surface area contributed by atoms with Gasteiger partial charge >= 0.3 is 5.97 Å². The summed E-state index contributed by atoms with van der Waals surface area (Å²) in [7, 11) is 2.12. The van der Waals surface area contributed by atoms with Crippen LogP contribution in [-0.4, -0.2) is 45.8 Å². The Hall–Kier alpha value is -2.05. The summed E-state index contributed by atoms with van der Waals surface area (Å²) >= 11 is 0. The smallest absolute Gasteiger partial charge is 0.347 e. The Morgan fingerprint density at radius 3 is 2.39 bits per heavy atom. The summed E-state index contributed by atoms with van der Waals surface area (Å²) in [6.07, 6.45) is 3.60. The molecule has 0 spiro atoms. The van der Waals surface area contributed by atoms with E-state index < -0.39 is 11.5 Å². The first-order valence-electron chi connectivity index (χ1n) is 9.67. The number of aromatic hydroxyl groups is 1. The van der Waals surface area contributed by atoms with Crippen LogP contribution in [-0.2, 0) is 4.74 Å². The molecule has 2 atom stereocenters. The van der Waals surface area contributed by atoms with Gasteiger partial charge < -0.3 is 19.3 Å². The number of benzene rings is 1. The Morgan fingerprint density at radius 2 is 1.79 bits per heavy atom. The first-order valence-corrected chi connectivity index (χ1v) is 9.67. The number of pyridine rings is 1. The molecule has 1 aromatic heterocycles. The number of carbonyl (C=O) groups is 1. The van der Waals surface area contributed by atoms with E-state index >= 15 is 0 Å². The van der Waals surface area contributed by atoms with Crippen molar-refractivity contribution in [1.82, 2.24) is 9.47 Å². The summed E-state index contributed by atoms with van der Waals surface area (Å²) in [6.45, 7) is 3.77. The predicted molar refractivity (Wildman–Crippen MR) is 111 cm³/mol. The number of halogens is 1. The van der Waals surface area contributed by atoms with Gasteiger partial charge in [-0.2, -0.15) is 0 Å². The average molecular weight is 407 g/mol. The highest BCUT2D eigenvalue weighted by Gasteiger charge is 2.40. The van der Waals surface area contributed by atoms with Gasteiger partial charge in [-0.15, -0.1) is 12.4 Å². The molecule has 152 valence electrons. The summed E-state index contributed by atoms with van der Waals surface area (Å²) in [5.74, 6) is -1.000. The van der Waals surface area contributed by atoms with Crippen LogP contribution in [0.4, 0.5) is 0 Å². The van der Waals surface area contributed by atoms with Crippen molar-refractivity contribution in [2.75, 3.05) is 7.05 Å². The highest BCUT2D eigenvalue weighted by atomic mass is 35.5. The quantitative estimate of drug-likeness (QED) is 0.790. The number of hydrogen-bond acceptors (Lipinski definition) is 5. The first-order chi connectivity index (χ1) is 12.9. The lowest BCUT2D eigenvalue weighted by Crippen LogP contribution is -2.43. The molecule has 2 aliphatic rings. The summed E-state index contributed by atoms with van der Waals surface area (Å²) in [4.78, 5) is 28.3. The SMILES string of the molecule is CC(C)n1c(=O)c(C(=O)OC2CC3CCC(C2)N3C)c(O)c2ccccc21.Cl. The largest absolute Gasteiger partial charge is 0.506 e. The molecule has 6 nitrogen and oxygen atoms in total. The van der Waals surface area contributed by atoms with Crippen LogP contribution in [0.2, 0.25) is 0 Å². The third-order valence-electron chi connectivity index (χ3n) is 6.14. The van der Waals surface area contributed by atoms with E-state index in [1.54, 1.807) is 22.8 Å². The van der Waals surface area contributed by atoms with Crippen LogP contribution in [0.3, 0.4) is 0 Å². The second kappa shape index (κ2) is 7.76. The Labute approximate surface area is 170 Å². The molecule has 4 rings (SSSR count). The molecule has 0 saturated carbocycles. The maximum atomic E-state index is 13.0. The van der Waals surface area contributed by atoms with Crippen molar-refractivity contribution in [1.29, 1.82) is 0 Å². The number of carbonyl (C=O) groups excluding carboxylic acids is 1. The monoisotopic (exact) mass is 406 g/mol. The molecule has 0 aliphatic carbocycles. The molecule has 2 unspecified atom stereocenters. The summed E-state index contributed by atoms with van der Waals surface area (Å²) in [5.41, 5.74) is -0.139. The van der Waals surface area contributed by atoms with Gasteiger partial charge in [0.15, 0.2) is 5.56 Å². The molecule has 2 fully saturated rings. The third kappa shape index (κ3) is 3.29. The minimum absolute atomic E-state index is 0. The number of ether oxygens (including phenoxy) is 1. The fourth-order valence-electron chi connectivity index (χ4n) is 4.71. The Kier molecular flexibility index (Phi) is 5.73. The van der Waals surface area contributed by atoms with Crippen molar-refractivity contribution in [3.8, 4) is 5.75 Å². The van der Waals surface area contributed by atoms with Crippen LogP contribution in [0, 0.1) is 0 Å². The van der Waals surface area contributed by atoms with Gasteiger partial charge in [-0.25, -0.2) is 4.79 Å². The maximum Gasteiger partial charge on any atom is 0.347 e. The van der Waals surface area contributed by atoms with Gasteiger partial charge in [-0.05, 0) is 45.9 Å². The van der Waals surface area contributed by atoms with Gasteiger partial charge in [0.05, 0.1) is 5.52 Å². The Bertz CT molecular complexity index is 941. The van der Waals surface area contributed by atoms with E-state index in [0.29, 0.717) is 23.0 Å². The van der Waals surface area contributed by atoms with E-state index in [0.717, 1.165) is 25.7 Å². The number of nitrogens with zero attached hydrogens (tertiary/aromatic N) is 2. The summed E-state index contributed by atoms with van der Waals surface area (Å²) in [5, 5.41) is 11.2. The fraction of sp³-hybridized carbons (Fsp3) is 0.524. The number of fused-ring (bicyclic) bond motifs is 3. The topological polar surface area (TPSA) is 71.8 Å². The van der Waals surface area contributed by atoms with Crippen LogP contribution in [0.25, 0.3) is 10.9 Å². The zero-order valence-corrected chi connectivity index (χ0v) is 17.2. The molecular weight excluding hydrogens is 380 g/mol. The molecule has 2 aromatic rings. The van der Waals surface area contributed by atoms with Crippen molar-refractivity contribution in [3.05, 3.63) is 40.2 Å². The Balaban J connectivity index is 0.00000225. The normalized spacial score (nSPS) is 24.4. The molecule has 7 heteroatoms. The lowest BCUT2D eigenvalue weighted by molar-refractivity contribution is -0.000863. The van der Waals surface area contributed by atoms with Gasteiger partial charge in [0, 0.05) is 36.4 Å². The highest BCUT2D eigenvalue weighted by Crippen LogP contribution is 2.36. The molecule has 2 aliphatic heterocycles. The van der Waals surface area contributed by atoms with Crippen molar-refractivity contribution in [2.45, 2.75) is 63.8 Å². The minimum atomic E-state index is -0.716. The highest BCUT2D eigenvalue weighted by molar-refractivity contribution is 5.99. The molecule has 3 heterocycles. The molecule has 2 saturated heterocycles. The van der Waals surface area contributed by atoms with Crippen molar-refractivity contribution >= 4 is 29.3 Å². The molecule has 1 N–H and O–H groups in total. The van der Waals surface area contributed by atoms with Crippen molar-refractivity contribution in [3.63, 3.8) is 0 Å². The minimum Gasteiger partial charge on any atom is -0.506 e. The fourth-order valence-corrected chi connectivity index (χ4v) is 4.71. The molecule has 1 aromatic carbocycles. The maximum absolute atomic E-state index is 13.0. The molecular formula is C21H27ClN2O4. The van der Waals surface area contributed by atoms with E-state index in [4.69, 9.17) is 4.74 Å². The second-order valence-electron chi connectivity index (χ2n) is 8.06. The lowest BCUT2D eigenvalue weighted by Gasteiger charge is -2.35. The van der Waals surface area contributed by atoms with Gasteiger partial charge in [-0.3, -0.25) is 4.79 Å². The van der Waals surface area contributed by atoms with Gasteiger partial charge in [-0.1, -0.05) is 12.1 Å². The van der Waals surface area contributed by atoms with Crippen LogP contribution in [0.15, 0.2) is 29.1 Å². The Morgan fingerprint density at radius 1 is 1.18 bits per heavy atom. The van der Waals surface area contributed by atoms with E-state index in [9.17, 15) is 14.7 Å². The lowest BCUT2D eigenvalue weighted by atomic mass is 10.0. The second-order valence-corrected chi connectivity index (χ2v) is 8.06. The number of piperidine rings is 1. The zero-order valence-electron chi connectivity index (χ0n) is 16.4. The predicted octanol–water partition coefficient (Wildman–Crippen LogP) is 3.49. The summed E-state index contributed by atoms with van der Waals surface area (Å²) in [6, 6.07) is 7.80. The molecule has 2 bridgehead atoms. The van der Waals surface area contributed by atoms with E-state index in [2.05, 4.69) is 11.9 Å². The number of aromatic nitrogens is 1. The van der Waals surface area contributed by atoms with Gasteiger partial charge in [0.1, 0.15) is 11.9 Å².